The number of hydrogen-bond acceptors (Lipinski definition) is 0. The van der Waals surface area contributed by atoms with E-state index in [9.17, 15) is 0 Å². The summed E-state index contributed by atoms with van der Waals surface area (Å²) in [6, 6.07) is 42.7. The third-order valence-electron chi connectivity index (χ3n) is 5.18. The number of rotatable bonds is 5. The molecule has 0 N–H and O–H groups in total. The van der Waals surface area contributed by atoms with Crippen molar-refractivity contribution in [2.45, 2.75) is 0 Å². The highest BCUT2D eigenvalue weighted by atomic mass is 31.2. The number of benzene rings is 4. The van der Waals surface area contributed by atoms with Crippen molar-refractivity contribution in [2.75, 3.05) is 6.66 Å². The lowest BCUT2D eigenvalue weighted by Crippen LogP contribution is -2.19. The van der Waals surface area contributed by atoms with E-state index in [1.807, 2.05) is 0 Å². The van der Waals surface area contributed by atoms with E-state index >= 15 is 0 Å². The molecule has 0 aliphatic heterocycles. The lowest BCUT2D eigenvalue weighted by atomic mass is 9.99. The molecule has 4 aromatic rings. The molecule has 0 amide bonds. The van der Waals surface area contributed by atoms with E-state index < -0.39 is 7.26 Å². The van der Waals surface area contributed by atoms with Crippen molar-refractivity contribution in [3.63, 3.8) is 0 Å². The zero-order valence-corrected chi connectivity index (χ0v) is 17.5. The Morgan fingerprint density at radius 2 is 0.897 bits per heavy atom. The topological polar surface area (TPSA) is 0 Å². The molecule has 0 aliphatic carbocycles. The summed E-state index contributed by atoms with van der Waals surface area (Å²) in [5.41, 5.74) is 7.23. The van der Waals surface area contributed by atoms with Crippen LogP contribution >= 0.6 is 7.26 Å². The van der Waals surface area contributed by atoms with Crippen molar-refractivity contribution >= 4 is 23.4 Å². The second-order valence-corrected chi connectivity index (χ2v) is 10.6. The molecule has 0 saturated carbocycles. The van der Waals surface area contributed by atoms with Gasteiger partial charge in [-0.15, -0.1) is 0 Å². The van der Waals surface area contributed by atoms with Crippen LogP contribution in [0, 0.1) is 0 Å². The van der Waals surface area contributed by atoms with Gasteiger partial charge in [-0.05, 0) is 35.4 Å². The molecule has 0 heterocycles. The smallest absolute Gasteiger partial charge is 0.0731 e. The zero-order valence-electron chi connectivity index (χ0n) is 16.6. The van der Waals surface area contributed by atoms with Gasteiger partial charge in [0.1, 0.15) is 23.7 Å². The van der Waals surface area contributed by atoms with Crippen molar-refractivity contribution in [3.05, 3.63) is 144 Å². The molecule has 1 heteroatoms. The van der Waals surface area contributed by atoms with E-state index in [2.05, 4.69) is 140 Å². The Labute approximate surface area is 174 Å². The second kappa shape index (κ2) is 8.89. The SMILES string of the molecule is C[P+](C=C=C(c1ccccc1)c1ccccc1)(c1ccccc1)c1ccccc1. The van der Waals surface area contributed by atoms with E-state index in [0.717, 1.165) is 5.57 Å². The fourth-order valence-corrected chi connectivity index (χ4v) is 6.08. The summed E-state index contributed by atoms with van der Waals surface area (Å²) < 4.78 is 0. The van der Waals surface area contributed by atoms with Crippen LogP contribution in [0.25, 0.3) is 5.57 Å². The minimum absolute atomic E-state index is 1.13. The number of hydrogen-bond donors (Lipinski definition) is 0. The minimum atomic E-state index is -1.73. The van der Waals surface area contributed by atoms with Crippen LogP contribution in [0.15, 0.2) is 133 Å². The molecule has 0 saturated heterocycles. The second-order valence-electron chi connectivity index (χ2n) is 7.13. The summed E-state index contributed by atoms with van der Waals surface area (Å²) in [7, 11) is -1.73. The third kappa shape index (κ3) is 4.30. The maximum atomic E-state index is 3.73. The van der Waals surface area contributed by atoms with Gasteiger partial charge >= 0.3 is 0 Å². The van der Waals surface area contributed by atoms with Crippen LogP contribution in [0.5, 0.6) is 0 Å². The molecule has 0 radical (unpaired) electrons. The Balaban J connectivity index is 1.94. The molecule has 0 aromatic heterocycles. The Hall–Kier alpha value is -3.17. The largest absolute Gasteiger partial charge is 0.111 e. The molecular formula is C28H24P+. The van der Waals surface area contributed by atoms with Crippen LogP contribution in [0.3, 0.4) is 0 Å². The molecule has 0 fully saturated rings. The molecule has 0 spiro atoms. The third-order valence-corrected chi connectivity index (χ3v) is 8.56. The molecule has 29 heavy (non-hydrogen) atoms. The molecule has 0 aliphatic rings. The first-order valence-corrected chi connectivity index (χ1v) is 12.1. The van der Waals surface area contributed by atoms with Crippen LogP contribution in [0.2, 0.25) is 0 Å². The Bertz CT molecular complexity index is 1030. The highest BCUT2D eigenvalue weighted by Gasteiger charge is 2.34. The predicted molar refractivity (Wildman–Crippen MR) is 128 cm³/mol. The van der Waals surface area contributed by atoms with Gasteiger partial charge in [0.25, 0.3) is 0 Å². The van der Waals surface area contributed by atoms with E-state index in [0.29, 0.717) is 0 Å². The first-order valence-electron chi connectivity index (χ1n) is 9.83. The molecule has 140 valence electrons. The molecule has 4 rings (SSSR count). The molecule has 0 atom stereocenters. The van der Waals surface area contributed by atoms with E-state index in [-0.39, 0.29) is 0 Å². The monoisotopic (exact) mass is 391 g/mol. The van der Waals surface area contributed by atoms with Crippen molar-refractivity contribution in [2.24, 2.45) is 0 Å². The average Bonchev–Trinajstić information content (AvgIpc) is 2.81. The summed E-state index contributed by atoms with van der Waals surface area (Å²) in [4.78, 5) is 0. The fourth-order valence-electron chi connectivity index (χ4n) is 3.51. The van der Waals surface area contributed by atoms with E-state index in [1.54, 1.807) is 0 Å². The summed E-state index contributed by atoms with van der Waals surface area (Å²) in [5.74, 6) is 2.33. The highest BCUT2D eigenvalue weighted by Crippen LogP contribution is 2.54. The van der Waals surface area contributed by atoms with Crippen molar-refractivity contribution in [1.82, 2.24) is 0 Å². The molecular weight excluding hydrogens is 367 g/mol. The maximum absolute atomic E-state index is 3.73. The van der Waals surface area contributed by atoms with Gasteiger partial charge in [0, 0.05) is 5.57 Å². The van der Waals surface area contributed by atoms with Gasteiger partial charge in [0.05, 0.1) is 6.66 Å². The van der Waals surface area contributed by atoms with Gasteiger partial charge in [-0.1, -0.05) is 103 Å². The minimum Gasteiger partial charge on any atom is -0.0731 e. The summed E-state index contributed by atoms with van der Waals surface area (Å²) in [6.07, 6.45) is 0. The van der Waals surface area contributed by atoms with Crippen LogP contribution in [-0.4, -0.2) is 6.66 Å². The van der Waals surface area contributed by atoms with Crippen LogP contribution < -0.4 is 10.6 Å². The lowest BCUT2D eigenvalue weighted by Gasteiger charge is -2.18. The standard InChI is InChI=1S/C28H24P/c1-29(26-18-10-4-11-19-26,27-20-12-5-13-21-27)23-22-28(24-14-6-2-7-15-24)25-16-8-3-9-17-25/h2-21,23H,1H3/q+1. The van der Waals surface area contributed by atoms with Crippen LogP contribution in [0.4, 0.5) is 0 Å². The Morgan fingerprint density at radius 1 is 0.552 bits per heavy atom. The van der Waals surface area contributed by atoms with Gasteiger partial charge in [-0.25, -0.2) is 0 Å². The van der Waals surface area contributed by atoms with Gasteiger partial charge < -0.3 is 0 Å². The Kier molecular flexibility index (Phi) is 5.87. The summed E-state index contributed by atoms with van der Waals surface area (Å²) >= 11 is 0. The van der Waals surface area contributed by atoms with Gasteiger partial charge in [0.15, 0.2) is 0 Å². The summed E-state index contributed by atoms with van der Waals surface area (Å²) in [5, 5.41) is 2.72. The maximum Gasteiger partial charge on any atom is 0.111 e. The van der Waals surface area contributed by atoms with E-state index in [1.165, 1.54) is 21.7 Å². The predicted octanol–water partition coefficient (Wildman–Crippen LogP) is 6.53. The fraction of sp³-hybridized carbons (Fsp3) is 0.0357. The van der Waals surface area contributed by atoms with Gasteiger partial charge in [-0.2, -0.15) is 0 Å². The molecule has 0 bridgehead atoms. The van der Waals surface area contributed by atoms with Crippen LogP contribution in [-0.2, 0) is 0 Å². The van der Waals surface area contributed by atoms with Crippen molar-refractivity contribution in [1.29, 1.82) is 0 Å². The van der Waals surface area contributed by atoms with Crippen molar-refractivity contribution in [3.8, 4) is 0 Å². The summed E-state index contributed by atoms with van der Waals surface area (Å²) in [6.45, 7) is 2.37. The van der Waals surface area contributed by atoms with Gasteiger partial charge in [0.2, 0.25) is 0 Å². The first-order chi connectivity index (χ1) is 14.3. The zero-order chi connectivity index (χ0) is 19.9. The quantitative estimate of drug-likeness (QED) is 0.268. The van der Waals surface area contributed by atoms with Crippen LogP contribution in [0.1, 0.15) is 11.1 Å². The normalized spacial score (nSPS) is 10.8. The average molecular weight is 391 g/mol. The van der Waals surface area contributed by atoms with E-state index in [4.69, 9.17) is 0 Å². The highest BCUT2D eigenvalue weighted by molar-refractivity contribution is 7.91. The molecule has 0 unspecified atom stereocenters. The lowest BCUT2D eigenvalue weighted by molar-refractivity contribution is 1.55. The molecule has 4 aromatic carbocycles. The molecule has 0 nitrogen and oxygen atoms in total. The first kappa shape index (κ1) is 19.2. The van der Waals surface area contributed by atoms with Gasteiger partial charge in [-0.3, -0.25) is 0 Å². The Morgan fingerprint density at radius 3 is 1.28 bits per heavy atom. The van der Waals surface area contributed by atoms with Crippen molar-refractivity contribution < 1.29 is 0 Å².